The summed E-state index contributed by atoms with van der Waals surface area (Å²) in [5, 5.41) is 0.480. The van der Waals surface area contributed by atoms with Crippen molar-refractivity contribution >= 4 is 16.9 Å². The van der Waals surface area contributed by atoms with Crippen molar-refractivity contribution in [1.82, 2.24) is 4.57 Å². The third-order valence-corrected chi connectivity index (χ3v) is 5.66. The number of ether oxygens (including phenoxy) is 1. The first-order chi connectivity index (χ1) is 15.4. The molecule has 1 aliphatic heterocycles. The molecule has 0 saturated heterocycles. The molecule has 4 nitrogen and oxygen atoms in total. The minimum Gasteiger partial charge on any atom is -0.425 e. The maximum Gasteiger partial charge on any atom is 0.416 e. The van der Waals surface area contributed by atoms with Crippen LogP contribution >= 0.6 is 0 Å². The Morgan fingerprint density at radius 1 is 0.844 bits per heavy atom. The number of carbonyl (C=O) groups is 1. The van der Waals surface area contributed by atoms with Gasteiger partial charge in [-0.3, -0.25) is 14.2 Å². The molecule has 5 rings (SSSR count). The molecule has 32 heavy (non-hydrogen) atoms. The molecular weight excluding hydrogens is 419 g/mol. The van der Waals surface area contributed by atoms with E-state index in [1.54, 1.807) is 54.6 Å². The molecule has 1 aliphatic rings. The Morgan fingerprint density at radius 2 is 1.50 bits per heavy atom. The lowest BCUT2D eigenvalue weighted by atomic mass is 9.83. The average Bonchev–Trinajstić information content (AvgIpc) is 2.79. The molecular formula is C25H16F3NO3. The van der Waals surface area contributed by atoms with Crippen LogP contribution in [0.1, 0.15) is 29.0 Å². The predicted octanol–water partition coefficient (Wildman–Crippen LogP) is 5.45. The van der Waals surface area contributed by atoms with Gasteiger partial charge in [-0.05, 0) is 35.9 Å². The molecule has 1 atom stereocenters. The van der Waals surface area contributed by atoms with Gasteiger partial charge in [-0.1, -0.05) is 48.5 Å². The van der Waals surface area contributed by atoms with Crippen molar-refractivity contribution in [2.24, 2.45) is 0 Å². The van der Waals surface area contributed by atoms with Gasteiger partial charge in [0.1, 0.15) is 5.75 Å². The minimum atomic E-state index is -4.63. The van der Waals surface area contributed by atoms with Crippen LogP contribution in [0.3, 0.4) is 0 Å². The van der Waals surface area contributed by atoms with Gasteiger partial charge in [0.2, 0.25) is 0 Å². The van der Waals surface area contributed by atoms with Gasteiger partial charge in [0.25, 0.3) is 5.56 Å². The molecule has 0 spiro atoms. The highest BCUT2D eigenvalue weighted by Gasteiger charge is 2.40. The second-order valence-electron chi connectivity index (χ2n) is 7.55. The molecule has 1 aromatic heterocycles. The van der Waals surface area contributed by atoms with Crippen LogP contribution in [0.15, 0.2) is 83.7 Å². The highest BCUT2D eigenvalue weighted by atomic mass is 19.4. The summed E-state index contributed by atoms with van der Waals surface area (Å²) in [6.07, 6.45) is -4.99. The molecule has 0 aliphatic carbocycles. The molecule has 0 fully saturated rings. The van der Waals surface area contributed by atoms with E-state index in [4.69, 9.17) is 4.74 Å². The van der Waals surface area contributed by atoms with Crippen molar-refractivity contribution in [2.45, 2.75) is 18.5 Å². The van der Waals surface area contributed by atoms with Crippen molar-refractivity contribution in [2.75, 3.05) is 0 Å². The summed E-state index contributed by atoms with van der Waals surface area (Å²) in [7, 11) is 0. The molecule has 1 unspecified atom stereocenters. The molecule has 3 aromatic carbocycles. The lowest BCUT2D eigenvalue weighted by molar-refractivity contribution is -0.140. The van der Waals surface area contributed by atoms with Gasteiger partial charge in [0.15, 0.2) is 0 Å². The number of hydrogen-bond donors (Lipinski definition) is 0. The van der Waals surface area contributed by atoms with Crippen LogP contribution in [-0.4, -0.2) is 10.5 Å². The molecule has 0 saturated carbocycles. The fraction of sp³-hybridized carbons (Fsp3) is 0.120. The van der Waals surface area contributed by atoms with E-state index >= 15 is 0 Å². The first-order valence-electron chi connectivity index (χ1n) is 9.96. The van der Waals surface area contributed by atoms with Crippen LogP contribution < -0.4 is 10.3 Å². The molecule has 0 radical (unpaired) electrons. The van der Waals surface area contributed by atoms with Crippen LogP contribution in [0.5, 0.6) is 5.75 Å². The van der Waals surface area contributed by atoms with Gasteiger partial charge in [0, 0.05) is 17.0 Å². The van der Waals surface area contributed by atoms with Gasteiger partial charge < -0.3 is 4.74 Å². The summed E-state index contributed by atoms with van der Waals surface area (Å²) in [5.74, 6) is -1.74. The normalized spacial score (nSPS) is 16.0. The monoisotopic (exact) mass is 435 g/mol. The van der Waals surface area contributed by atoms with E-state index in [2.05, 4.69) is 0 Å². The largest absolute Gasteiger partial charge is 0.425 e. The zero-order chi connectivity index (χ0) is 22.5. The highest BCUT2D eigenvalue weighted by Crippen LogP contribution is 2.44. The average molecular weight is 435 g/mol. The fourth-order valence-electron chi connectivity index (χ4n) is 4.33. The maximum atomic E-state index is 13.8. The third-order valence-electron chi connectivity index (χ3n) is 5.66. The summed E-state index contributed by atoms with van der Waals surface area (Å²) in [6, 6.07) is 20.8. The summed E-state index contributed by atoms with van der Waals surface area (Å²) in [4.78, 5) is 26.2. The molecule has 0 N–H and O–H groups in total. The first-order valence-corrected chi connectivity index (χ1v) is 9.96. The minimum absolute atomic E-state index is 0.0241. The van der Waals surface area contributed by atoms with Crippen molar-refractivity contribution in [1.29, 1.82) is 0 Å². The quantitative estimate of drug-likeness (QED) is 0.394. The molecule has 160 valence electrons. The molecule has 4 aromatic rings. The third kappa shape index (κ3) is 3.17. The Morgan fingerprint density at radius 3 is 2.25 bits per heavy atom. The lowest BCUT2D eigenvalue weighted by Gasteiger charge is -2.28. The second-order valence-corrected chi connectivity index (χ2v) is 7.55. The molecule has 0 bridgehead atoms. The summed E-state index contributed by atoms with van der Waals surface area (Å²) in [6.45, 7) is 0. The van der Waals surface area contributed by atoms with Gasteiger partial charge >= 0.3 is 12.1 Å². The fourth-order valence-corrected chi connectivity index (χ4v) is 4.33. The van der Waals surface area contributed by atoms with E-state index in [0.29, 0.717) is 16.6 Å². The number of aromatic nitrogens is 1. The topological polar surface area (TPSA) is 48.3 Å². The van der Waals surface area contributed by atoms with E-state index in [1.165, 1.54) is 22.8 Å². The van der Waals surface area contributed by atoms with Crippen LogP contribution in [0.2, 0.25) is 0 Å². The predicted molar refractivity (Wildman–Crippen MR) is 113 cm³/mol. The van der Waals surface area contributed by atoms with E-state index in [-0.39, 0.29) is 23.3 Å². The first kappa shape index (κ1) is 20.1. The second kappa shape index (κ2) is 7.37. The van der Waals surface area contributed by atoms with Crippen molar-refractivity contribution in [3.63, 3.8) is 0 Å². The summed E-state index contributed by atoms with van der Waals surface area (Å²) >= 11 is 0. The van der Waals surface area contributed by atoms with Crippen LogP contribution in [0, 0.1) is 0 Å². The Kier molecular flexibility index (Phi) is 4.62. The van der Waals surface area contributed by atoms with E-state index in [1.807, 2.05) is 0 Å². The zero-order valence-electron chi connectivity index (χ0n) is 16.6. The molecule has 7 heteroatoms. The number of rotatable bonds is 2. The zero-order valence-corrected chi connectivity index (χ0v) is 16.6. The Labute approximate surface area is 180 Å². The number of para-hydroxylation sites is 2. The number of carbonyl (C=O) groups excluding carboxylic acids is 1. The van der Waals surface area contributed by atoms with Crippen molar-refractivity contribution < 1.29 is 22.7 Å². The highest BCUT2D eigenvalue weighted by molar-refractivity contribution is 5.92. The van der Waals surface area contributed by atoms with Crippen LogP contribution in [0.4, 0.5) is 13.2 Å². The van der Waals surface area contributed by atoms with Gasteiger partial charge in [-0.2, -0.15) is 13.2 Å². The SMILES string of the molecule is O=C1CC(c2ccccc2C(F)(F)F)c2c(c3ccccc3n(-c3ccccc3)c2=O)O1. The Balaban J connectivity index is 1.88. The van der Waals surface area contributed by atoms with Crippen molar-refractivity contribution in [3.8, 4) is 11.4 Å². The number of esters is 1. The number of hydrogen-bond acceptors (Lipinski definition) is 3. The lowest BCUT2D eigenvalue weighted by Crippen LogP contribution is -2.32. The van der Waals surface area contributed by atoms with Crippen LogP contribution in [0.25, 0.3) is 16.6 Å². The van der Waals surface area contributed by atoms with Gasteiger partial charge in [-0.15, -0.1) is 0 Å². The maximum absolute atomic E-state index is 13.8. The van der Waals surface area contributed by atoms with E-state index in [9.17, 15) is 22.8 Å². The number of fused-ring (bicyclic) bond motifs is 3. The molecule has 0 amide bonds. The number of benzene rings is 3. The van der Waals surface area contributed by atoms with E-state index < -0.39 is 29.2 Å². The Hall–Kier alpha value is -3.87. The van der Waals surface area contributed by atoms with E-state index in [0.717, 1.165) is 6.07 Å². The van der Waals surface area contributed by atoms with Gasteiger partial charge in [-0.25, -0.2) is 0 Å². The summed E-state index contributed by atoms with van der Waals surface area (Å²) in [5.41, 5.74) is -0.395. The number of pyridine rings is 1. The standard InChI is InChI=1S/C25H16F3NO3/c26-25(27,28)19-12-6-4-10-16(19)18-14-21(30)32-23-17-11-5-7-13-20(17)29(24(31)22(18)23)15-8-2-1-3-9-15/h1-13,18H,14H2. The Bertz CT molecular complexity index is 1410. The number of nitrogens with zero attached hydrogens (tertiary/aromatic N) is 1. The number of alkyl halides is 3. The van der Waals surface area contributed by atoms with Gasteiger partial charge in [0.05, 0.1) is 23.1 Å². The smallest absolute Gasteiger partial charge is 0.416 e. The molecule has 2 heterocycles. The van der Waals surface area contributed by atoms with Crippen molar-refractivity contribution in [3.05, 3.63) is 106 Å². The van der Waals surface area contributed by atoms with Crippen LogP contribution in [-0.2, 0) is 11.0 Å². The number of halogens is 3. The summed E-state index contributed by atoms with van der Waals surface area (Å²) < 4.78 is 48.2.